The largest absolute Gasteiger partial charge is 0.444 e. The van der Waals surface area contributed by atoms with Crippen LogP contribution in [0.2, 0.25) is 5.02 Å². The fourth-order valence-electron chi connectivity index (χ4n) is 2.95. The van der Waals surface area contributed by atoms with Crippen LogP contribution in [0.5, 0.6) is 0 Å². The molecule has 140 valence electrons. The van der Waals surface area contributed by atoms with E-state index in [1.807, 2.05) is 12.1 Å². The van der Waals surface area contributed by atoms with Gasteiger partial charge in [0, 0.05) is 6.54 Å². The summed E-state index contributed by atoms with van der Waals surface area (Å²) >= 11 is 6.04. The number of rotatable bonds is 4. The molecule has 0 amide bonds. The molecule has 8 heteroatoms. The fourth-order valence-corrected chi connectivity index (χ4v) is 4.71. The normalized spacial score (nSPS) is 14.8. The van der Waals surface area contributed by atoms with Gasteiger partial charge in [0.25, 0.3) is 10.0 Å². The second-order valence-corrected chi connectivity index (χ2v) is 8.40. The third-order valence-corrected chi connectivity index (χ3v) is 6.42. The van der Waals surface area contributed by atoms with Crippen molar-refractivity contribution in [2.24, 2.45) is 0 Å². The van der Waals surface area contributed by atoms with Crippen LogP contribution in [0.25, 0.3) is 0 Å². The van der Waals surface area contributed by atoms with Gasteiger partial charge in [-0.05, 0) is 49.6 Å². The van der Waals surface area contributed by atoms with Crippen LogP contribution in [0.3, 0.4) is 0 Å². The third-order valence-electron chi connectivity index (χ3n) is 4.28. The predicted octanol–water partition coefficient (Wildman–Crippen LogP) is 3.55. The van der Waals surface area contributed by atoms with Gasteiger partial charge in [-0.1, -0.05) is 29.8 Å². The zero-order valence-corrected chi connectivity index (χ0v) is 16.1. The van der Waals surface area contributed by atoms with Crippen molar-refractivity contribution < 1.29 is 17.9 Å². The van der Waals surface area contributed by atoms with Crippen molar-refractivity contribution in [3.05, 3.63) is 58.6 Å². The number of carbonyl (C=O) groups is 1. The van der Waals surface area contributed by atoms with Crippen LogP contribution in [0.1, 0.15) is 29.3 Å². The molecule has 1 heterocycles. The number of anilines is 1. The van der Waals surface area contributed by atoms with E-state index in [4.69, 9.17) is 21.6 Å². The van der Waals surface area contributed by atoms with Gasteiger partial charge in [0.1, 0.15) is 6.07 Å². The molecule has 3 rings (SSSR count). The Balaban J connectivity index is 2.01. The van der Waals surface area contributed by atoms with Crippen LogP contribution in [0.4, 0.5) is 5.69 Å². The van der Waals surface area contributed by atoms with Crippen molar-refractivity contribution in [3.8, 4) is 6.07 Å². The Bertz CT molecular complexity index is 1030. The van der Waals surface area contributed by atoms with Crippen LogP contribution in [0.15, 0.2) is 47.4 Å². The highest BCUT2D eigenvalue weighted by atomic mass is 35.5. The molecule has 0 fully saturated rings. The zero-order valence-electron chi connectivity index (χ0n) is 14.6. The molecule has 1 atom stereocenters. The summed E-state index contributed by atoms with van der Waals surface area (Å²) in [4.78, 5) is 12.2. The molecular weight excluding hydrogens is 388 g/mol. The molecule has 2 aromatic carbocycles. The molecule has 1 aliphatic rings. The first-order chi connectivity index (χ1) is 12.8. The molecule has 6 nitrogen and oxygen atoms in total. The summed E-state index contributed by atoms with van der Waals surface area (Å²) < 4.78 is 32.7. The van der Waals surface area contributed by atoms with Gasteiger partial charge in [-0.3, -0.25) is 4.31 Å². The van der Waals surface area contributed by atoms with Gasteiger partial charge in [0.05, 0.1) is 21.2 Å². The molecule has 0 N–H and O–H groups in total. The number of nitriles is 1. The van der Waals surface area contributed by atoms with Crippen LogP contribution in [-0.4, -0.2) is 27.0 Å². The summed E-state index contributed by atoms with van der Waals surface area (Å²) in [6.45, 7) is 1.77. The highest BCUT2D eigenvalue weighted by Gasteiger charge is 2.30. The van der Waals surface area contributed by atoms with Gasteiger partial charge >= 0.3 is 5.97 Å². The standard InChI is InChI=1S/C19H17ClN2O4S/c1-13(12-21)26-19(23)16-11-15(8-9-17(16)20)27(24,25)22-10-4-6-14-5-2-3-7-18(14)22/h2-3,5,7-9,11,13H,4,6,10H2,1H3. The Morgan fingerprint density at radius 2 is 2.04 bits per heavy atom. The maximum Gasteiger partial charge on any atom is 0.340 e. The maximum atomic E-state index is 13.2. The molecule has 0 aromatic heterocycles. The number of sulfonamides is 1. The van der Waals surface area contributed by atoms with Crippen molar-refractivity contribution in [1.82, 2.24) is 0 Å². The van der Waals surface area contributed by atoms with Crippen molar-refractivity contribution in [2.45, 2.75) is 30.8 Å². The van der Waals surface area contributed by atoms with Crippen LogP contribution in [-0.2, 0) is 21.2 Å². The third kappa shape index (κ3) is 3.77. The van der Waals surface area contributed by atoms with Crippen molar-refractivity contribution >= 4 is 33.3 Å². The first-order valence-electron chi connectivity index (χ1n) is 8.35. The van der Waals surface area contributed by atoms with Gasteiger partial charge in [-0.15, -0.1) is 0 Å². The quantitative estimate of drug-likeness (QED) is 0.727. The van der Waals surface area contributed by atoms with E-state index in [-0.39, 0.29) is 15.5 Å². The first-order valence-corrected chi connectivity index (χ1v) is 10.2. The molecule has 2 aromatic rings. The lowest BCUT2D eigenvalue weighted by molar-refractivity contribution is 0.0435. The molecule has 1 unspecified atom stereocenters. The van der Waals surface area contributed by atoms with Crippen LogP contribution >= 0.6 is 11.6 Å². The van der Waals surface area contributed by atoms with Crippen LogP contribution < -0.4 is 4.31 Å². The predicted molar refractivity (Wildman–Crippen MR) is 101 cm³/mol. The number of ether oxygens (including phenoxy) is 1. The monoisotopic (exact) mass is 404 g/mol. The van der Waals surface area contributed by atoms with Gasteiger partial charge in [0.2, 0.25) is 0 Å². The lowest BCUT2D eigenvalue weighted by Gasteiger charge is -2.30. The Hall–Kier alpha value is -2.56. The minimum absolute atomic E-state index is 0.0554. The van der Waals surface area contributed by atoms with E-state index < -0.39 is 22.1 Å². The zero-order chi connectivity index (χ0) is 19.6. The van der Waals surface area contributed by atoms with E-state index in [0.717, 1.165) is 12.0 Å². The number of esters is 1. The van der Waals surface area contributed by atoms with E-state index in [1.54, 1.807) is 18.2 Å². The second-order valence-electron chi connectivity index (χ2n) is 6.13. The first kappa shape index (κ1) is 19.2. The molecule has 0 spiro atoms. The molecule has 0 saturated heterocycles. The van der Waals surface area contributed by atoms with E-state index in [1.165, 1.54) is 29.4 Å². The van der Waals surface area contributed by atoms with E-state index >= 15 is 0 Å². The Labute approximate surface area is 163 Å². The average Bonchev–Trinajstić information content (AvgIpc) is 2.67. The molecular formula is C19H17ClN2O4S. The minimum atomic E-state index is -3.88. The number of hydrogen-bond donors (Lipinski definition) is 0. The van der Waals surface area contributed by atoms with E-state index in [9.17, 15) is 13.2 Å². The fraction of sp³-hybridized carbons (Fsp3) is 0.263. The number of nitrogens with zero attached hydrogens (tertiary/aromatic N) is 2. The van der Waals surface area contributed by atoms with Crippen LogP contribution in [0, 0.1) is 11.3 Å². The summed E-state index contributed by atoms with van der Waals surface area (Å²) in [5.41, 5.74) is 1.51. The lowest BCUT2D eigenvalue weighted by atomic mass is 10.0. The number of benzene rings is 2. The van der Waals surface area contributed by atoms with Crippen molar-refractivity contribution in [3.63, 3.8) is 0 Å². The molecule has 1 aliphatic heterocycles. The Morgan fingerprint density at radius 3 is 2.78 bits per heavy atom. The Kier molecular flexibility index (Phi) is 5.40. The van der Waals surface area contributed by atoms with Gasteiger partial charge in [-0.2, -0.15) is 5.26 Å². The molecule has 27 heavy (non-hydrogen) atoms. The summed E-state index contributed by atoms with van der Waals surface area (Å²) in [7, 11) is -3.88. The van der Waals surface area contributed by atoms with Gasteiger partial charge < -0.3 is 4.74 Å². The average molecular weight is 405 g/mol. The Morgan fingerprint density at radius 1 is 1.30 bits per heavy atom. The minimum Gasteiger partial charge on any atom is -0.444 e. The number of carbonyl (C=O) groups excluding carboxylic acids is 1. The maximum absolute atomic E-state index is 13.2. The summed E-state index contributed by atoms with van der Waals surface area (Å²) in [5.74, 6) is -0.842. The number of aryl methyl sites for hydroxylation is 1. The van der Waals surface area contributed by atoms with E-state index in [0.29, 0.717) is 18.7 Å². The number of hydrogen-bond acceptors (Lipinski definition) is 5. The summed E-state index contributed by atoms with van der Waals surface area (Å²) in [5, 5.41) is 8.84. The van der Waals surface area contributed by atoms with Crippen molar-refractivity contribution in [1.29, 1.82) is 5.26 Å². The molecule has 0 bridgehead atoms. The summed E-state index contributed by atoms with van der Waals surface area (Å²) in [6, 6.07) is 13.0. The smallest absolute Gasteiger partial charge is 0.340 e. The topological polar surface area (TPSA) is 87.5 Å². The summed E-state index contributed by atoms with van der Waals surface area (Å²) in [6.07, 6.45) is 0.549. The second kappa shape index (κ2) is 7.59. The highest BCUT2D eigenvalue weighted by molar-refractivity contribution is 7.92. The van der Waals surface area contributed by atoms with Gasteiger partial charge in [0.15, 0.2) is 6.10 Å². The molecule has 0 aliphatic carbocycles. The van der Waals surface area contributed by atoms with Crippen molar-refractivity contribution in [2.75, 3.05) is 10.8 Å². The lowest BCUT2D eigenvalue weighted by Crippen LogP contribution is -2.35. The number of fused-ring (bicyclic) bond motifs is 1. The van der Waals surface area contributed by atoms with E-state index in [2.05, 4.69) is 0 Å². The highest BCUT2D eigenvalue weighted by Crippen LogP contribution is 2.33. The SMILES string of the molecule is CC(C#N)OC(=O)c1cc(S(=O)(=O)N2CCCc3ccccc32)ccc1Cl. The van der Waals surface area contributed by atoms with Gasteiger partial charge in [-0.25, -0.2) is 13.2 Å². The molecule has 0 radical (unpaired) electrons. The molecule has 0 saturated carbocycles. The number of para-hydroxylation sites is 1. The number of halogens is 1.